The molecule has 1 aromatic heterocycles. The first-order valence-electron chi connectivity index (χ1n) is 6.00. The quantitative estimate of drug-likeness (QED) is 0.895. The van der Waals surface area contributed by atoms with Gasteiger partial charge >= 0.3 is 0 Å². The number of hydrogen-bond donors (Lipinski definition) is 1. The Morgan fingerprint density at radius 2 is 2.21 bits per heavy atom. The van der Waals surface area contributed by atoms with Crippen LogP contribution in [0, 0.1) is 5.82 Å². The maximum atomic E-state index is 13.6. The second kappa shape index (κ2) is 6.24. The van der Waals surface area contributed by atoms with Crippen LogP contribution in [-0.2, 0) is 6.42 Å². The predicted molar refractivity (Wildman–Crippen MR) is 70.5 cm³/mol. The van der Waals surface area contributed by atoms with Crippen LogP contribution in [0.2, 0.25) is 0 Å². The maximum Gasteiger partial charge on any atom is 0.165 e. The molecule has 1 N–H and O–H groups in total. The van der Waals surface area contributed by atoms with E-state index in [1.54, 1.807) is 24.7 Å². The molecule has 1 heterocycles. The molecule has 0 aliphatic carbocycles. The van der Waals surface area contributed by atoms with Gasteiger partial charge < -0.3 is 10.1 Å². The summed E-state index contributed by atoms with van der Waals surface area (Å²) in [5, 5.41) is 3.16. The van der Waals surface area contributed by atoms with Crippen molar-refractivity contribution in [3.8, 4) is 5.75 Å². The van der Waals surface area contributed by atoms with E-state index >= 15 is 0 Å². The zero-order valence-corrected chi connectivity index (χ0v) is 10.9. The van der Waals surface area contributed by atoms with Gasteiger partial charge in [-0.05, 0) is 31.2 Å². The lowest BCUT2D eigenvalue weighted by Crippen LogP contribution is -2.20. The van der Waals surface area contributed by atoms with Gasteiger partial charge in [0.1, 0.15) is 0 Å². The van der Waals surface area contributed by atoms with Gasteiger partial charge in [-0.2, -0.15) is 0 Å². The Morgan fingerprint density at radius 3 is 2.79 bits per heavy atom. The predicted octanol–water partition coefficient (Wildman–Crippen LogP) is 2.13. The van der Waals surface area contributed by atoms with Crippen LogP contribution in [0.3, 0.4) is 0 Å². The number of methoxy groups -OCH3 is 1. The molecule has 4 nitrogen and oxygen atoms in total. The molecule has 0 saturated heterocycles. The Hall–Kier alpha value is -2.01. The summed E-state index contributed by atoms with van der Waals surface area (Å²) in [6.45, 7) is 0. The molecule has 1 aromatic carbocycles. The van der Waals surface area contributed by atoms with E-state index in [2.05, 4.69) is 15.3 Å². The number of hydrogen-bond acceptors (Lipinski definition) is 4. The van der Waals surface area contributed by atoms with Gasteiger partial charge in [0.15, 0.2) is 11.6 Å². The number of nitrogens with one attached hydrogen (secondary N) is 1. The molecule has 0 bridgehead atoms. The van der Waals surface area contributed by atoms with E-state index in [-0.39, 0.29) is 17.6 Å². The largest absolute Gasteiger partial charge is 0.494 e. The van der Waals surface area contributed by atoms with Gasteiger partial charge in [0.2, 0.25) is 0 Å². The van der Waals surface area contributed by atoms with Crippen molar-refractivity contribution in [3.05, 3.63) is 53.9 Å². The highest BCUT2D eigenvalue weighted by Crippen LogP contribution is 2.21. The average Bonchev–Trinajstić information content (AvgIpc) is 2.46. The molecule has 2 rings (SSSR count). The van der Waals surface area contributed by atoms with E-state index < -0.39 is 0 Å². The number of benzene rings is 1. The number of halogens is 1. The SMILES string of the molecule is CNC(Cc1ccc(OC)c(F)c1)c1cnccn1. The van der Waals surface area contributed by atoms with Crippen LogP contribution in [0.5, 0.6) is 5.75 Å². The van der Waals surface area contributed by atoms with Crippen molar-refractivity contribution in [1.29, 1.82) is 0 Å². The Balaban J connectivity index is 2.17. The minimum absolute atomic E-state index is 0.00138. The highest BCUT2D eigenvalue weighted by atomic mass is 19.1. The van der Waals surface area contributed by atoms with Gasteiger partial charge in [-0.3, -0.25) is 9.97 Å². The van der Waals surface area contributed by atoms with Crippen LogP contribution in [0.15, 0.2) is 36.8 Å². The Morgan fingerprint density at radius 1 is 1.37 bits per heavy atom. The van der Waals surface area contributed by atoms with Crippen molar-refractivity contribution < 1.29 is 9.13 Å². The fraction of sp³-hybridized carbons (Fsp3) is 0.286. The molecule has 0 radical (unpaired) electrons. The summed E-state index contributed by atoms with van der Waals surface area (Å²) in [6.07, 6.45) is 5.62. The lowest BCUT2D eigenvalue weighted by Gasteiger charge is -2.15. The molecule has 0 aliphatic heterocycles. The van der Waals surface area contributed by atoms with Crippen LogP contribution in [0.4, 0.5) is 4.39 Å². The normalized spacial score (nSPS) is 12.2. The zero-order chi connectivity index (χ0) is 13.7. The van der Waals surface area contributed by atoms with E-state index in [0.717, 1.165) is 11.3 Å². The van der Waals surface area contributed by atoms with Crippen molar-refractivity contribution >= 4 is 0 Å². The van der Waals surface area contributed by atoms with Gasteiger partial charge in [0.05, 0.1) is 18.8 Å². The summed E-state index contributed by atoms with van der Waals surface area (Å²) in [6, 6.07) is 4.97. The summed E-state index contributed by atoms with van der Waals surface area (Å²) in [7, 11) is 3.30. The lowest BCUT2D eigenvalue weighted by atomic mass is 10.0. The summed E-state index contributed by atoms with van der Waals surface area (Å²) < 4.78 is 18.5. The summed E-state index contributed by atoms with van der Waals surface area (Å²) in [5.74, 6) is -0.0988. The Bertz CT molecular complexity index is 533. The van der Waals surface area contributed by atoms with E-state index in [9.17, 15) is 4.39 Å². The molecule has 1 atom stereocenters. The topological polar surface area (TPSA) is 47.0 Å². The average molecular weight is 261 g/mol. The lowest BCUT2D eigenvalue weighted by molar-refractivity contribution is 0.386. The molecule has 5 heteroatoms. The second-order valence-electron chi connectivity index (χ2n) is 4.14. The van der Waals surface area contributed by atoms with Crippen molar-refractivity contribution in [3.63, 3.8) is 0 Å². The molecule has 0 aliphatic rings. The van der Waals surface area contributed by atoms with E-state index in [1.165, 1.54) is 13.2 Å². The van der Waals surface area contributed by atoms with Gasteiger partial charge in [-0.25, -0.2) is 4.39 Å². The van der Waals surface area contributed by atoms with Gasteiger partial charge in [-0.15, -0.1) is 0 Å². The fourth-order valence-electron chi connectivity index (χ4n) is 1.92. The van der Waals surface area contributed by atoms with Gasteiger partial charge in [0.25, 0.3) is 0 Å². The van der Waals surface area contributed by atoms with Crippen LogP contribution in [0.25, 0.3) is 0 Å². The number of nitrogens with zero attached hydrogens (tertiary/aromatic N) is 2. The number of aromatic nitrogens is 2. The van der Waals surface area contributed by atoms with Crippen LogP contribution in [0.1, 0.15) is 17.3 Å². The summed E-state index contributed by atoms with van der Waals surface area (Å²) >= 11 is 0. The summed E-state index contributed by atoms with van der Waals surface area (Å²) in [5.41, 5.74) is 1.71. The van der Waals surface area contributed by atoms with E-state index in [0.29, 0.717) is 6.42 Å². The van der Waals surface area contributed by atoms with E-state index in [1.807, 2.05) is 13.1 Å². The molecule has 0 fully saturated rings. The van der Waals surface area contributed by atoms with Crippen molar-refractivity contribution in [2.45, 2.75) is 12.5 Å². The second-order valence-corrected chi connectivity index (χ2v) is 4.14. The smallest absolute Gasteiger partial charge is 0.165 e. The molecule has 0 amide bonds. The van der Waals surface area contributed by atoms with Crippen LogP contribution < -0.4 is 10.1 Å². The summed E-state index contributed by atoms with van der Waals surface area (Å²) in [4.78, 5) is 8.30. The van der Waals surface area contributed by atoms with E-state index in [4.69, 9.17) is 4.74 Å². The van der Waals surface area contributed by atoms with Crippen molar-refractivity contribution in [2.24, 2.45) is 0 Å². The molecule has 19 heavy (non-hydrogen) atoms. The Labute approximate surface area is 111 Å². The van der Waals surface area contributed by atoms with Crippen molar-refractivity contribution in [2.75, 3.05) is 14.2 Å². The maximum absolute atomic E-state index is 13.6. The zero-order valence-electron chi connectivity index (χ0n) is 10.9. The number of ether oxygens (including phenoxy) is 1. The minimum atomic E-state index is -0.353. The highest BCUT2D eigenvalue weighted by Gasteiger charge is 2.13. The first kappa shape index (κ1) is 13.4. The first-order chi connectivity index (χ1) is 9.24. The van der Waals surface area contributed by atoms with Crippen LogP contribution >= 0.6 is 0 Å². The molecular weight excluding hydrogens is 245 g/mol. The third-order valence-electron chi connectivity index (χ3n) is 2.94. The molecular formula is C14H16FN3O. The van der Waals surface area contributed by atoms with Gasteiger partial charge in [-0.1, -0.05) is 6.07 Å². The molecule has 0 saturated carbocycles. The number of likely N-dealkylation sites (N-methyl/N-ethyl adjacent to an activating group) is 1. The third-order valence-corrected chi connectivity index (χ3v) is 2.94. The highest BCUT2D eigenvalue weighted by molar-refractivity contribution is 5.30. The number of rotatable bonds is 5. The first-order valence-corrected chi connectivity index (χ1v) is 6.00. The molecule has 1 unspecified atom stereocenters. The standard InChI is InChI=1S/C14H16FN3O/c1-16-12(13-9-17-5-6-18-13)8-10-3-4-14(19-2)11(15)7-10/h3-7,9,12,16H,8H2,1-2H3. The monoisotopic (exact) mass is 261 g/mol. The van der Waals surface area contributed by atoms with Crippen molar-refractivity contribution in [1.82, 2.24) is 15.3 Å². The van der Waals surface area contributed by atoms with Gasteiger partial charge in [0, 0.05) is 18.6 Å². The minimum Gasteiger partial charge on any atom is -0.494 e. The molecule has 0 spiro atoms. The molecule has 2 aromatic rings. The Kier molecular flexibility index (Phi) is 4.41. The fourth-order valence-corrected chi connectivity index (χ4v) is 1.92. The van der Waals surface area contributed by atoms with Crippen LogP contribution in [-0.4, -0.2) is 24.1 Å². The third kappa shape index (κ3) is 3.26. The molecule has 100 valence electrons.